The van der Waals surface area contributed by atoms with Crippen LogP contribution in [0.15, 0.2) is 42.9 Å². The Kier molecular flexibility index (Phi) is 5.63. The predicted octanol–water partition coefficient (Wildman–Crippen LogP) is 5.28. The molecule has 8 heteroatoms. The minimum Gasteiger partial charge on any atom is -0.496 e. The molecule has 1 aromatic carbocycles. The number of ether oxygens (including phenoxy) is 1. The molecule has 0 atom stereocenters. The Bertz CT molecular complexity index is 1250. The summed E-state index contributed by atoms with van der Waals surface area (Å²) in [5.74, 6) is 0.183. The van der Waals surface area contributed by atoms with Gasteiger partial charge in [0.05, 0.1) is 7.11 Å². The van der Waals surface area contributed by atoms with Crippen molar-refractivity contribution >= 4 is 5.65 Å². The lowest BCUT2D eigenvalue weighted by Gasteiger charge is -2.14. The third-order valence-electron chi connectivity index (χ3n) is 5.29. The first-order chi connectivity index (χ1) is 14.9. The van der Waals surface area contributed by atoms with Crippen molar-refractivity contribution in [3.8, 4) is 16.9 Å². The molecule has 4 aromatic rings. The highest BCUT2D eigenvalue weighted by Crippen LogP contribution is 2.33. The highest BCUT2D eigenvalue weighted by atomic mass is 19.3. The first-order valence-electron chi connectivity index (χ1n) is 9.78. The van der Waals surface area contributed by atoms with Crippen LogP contribution in [0.5, 0.6) is 5.75 Å². The summed E-state index contributed by atoms with van der Waals surface area (Å²) < 4.78 is 48.8. The molecule has 0 N–H and O–H groups in total. The van der Waals surface area contributed by atoms with Crippen molar-refractivity contribution in [2.24, 2.45) is 0 Å². The second-order valence-corrected chi connectivity index (χ2v) is 7.40. The molecule has 0 aliphatic heterocycles. The summed E-state index contributed by atoms with van der Waals surface area (Å²) in [4.78, 5) is 4.18. The Hall–Kier alpha value is -3.42. The zero-order chi connectivity index (χ0) is 22.1. The molecule has 0 fully saturated rings. The number of benzene rings is 1. The summed E-state index contributed by atoms with van der Waals surface area (Å²) in [5, 5.41) is 8.10. The summed E-state index contributed by atoms with van der Waals surface area (Å²) in [6.07, 6.45) is 1.21. The monoisotopic (exact) mass is 426 g/mol. The molecule has 3 aromatic heterocycles. The first-order valence-corrected chi connectivity index (χ1v) is 9.78. The second-order valence-electron chi connectivity index (χ2n) is 7.40. The van der Waals surface area contributed by atoms with E-state index in [0.717, 1.165) is 11.3 Å². The average Bonchev–Trinajstić information content (AvgIpc) is 3.23. The van der Waals surface area contributed by atoms with E-state index in [1.165, 1.54) is 31.8 Å². The van der Waals surface area contributed by atoms with E-state index in [1.807, 2.05) is 13.0 Å². The van der Waals surface area contributed by atoms with E-state index in [1.54, 1.807) is 23.5 Å². The molecule has 0 saturated carbocycles. The van der Waals surface area contributed by atoms with Crippen molar-refractivity contribution in [2.75, 3.05) is 7.11 Å². The van der Waals surface area contributed by atoms with E-state index in [4.69, 9.17) is 4.74 Å². The maximum absolute atomic E-state index is 14.5. The quantitative estimate of drug-likeness (QED) is 0.421. The van der Waals surface area contributed by atoms with Gasteiger partial charge in [-0.25, -0.2) is 13.2 Å². The number of methoxy groups -OCH3 is 1. The normalized spacial score (nSPS) is 11.5. The molecule has 5 nitrogen and oxygen atoms in total. The van der Waals surface area contributed by atoms with Crippen LogP contribution in [0.25, 0.3) is 16.8 Å². The highest BCUT2D eigenvalue weighted by molar-refractivity contribution is 5.79. The molecular formula is C23H21F3N4O. The van der Waals surface area contributed by atoms with Gasteiger partial charge in [0.15, 0.2) is 5.65 Å². The molecule has 160 valence electrons. The third-order valence-corrected chi connectivity index (χ3v) is 5.29. The summed E-state index contributed by atoms with van der Waals surface area (Å²) in [7, 11) is 1.51. The fourth-order valence-electron chi connectivity index (χ4n) is 3.78. The van der Waals surface area contributed by atoms with Crippen LogP contribution in [0.1, 0.15) is 34.5 Å². The van der Waals surface area contributed by atoms with Gasteiger partial charge in [0.25, 0.3) is 6.43 Å². The molecule has 0 amide bonds. The minimum atomic E-state index is -2.64. The molecule has 0 saturated heterocycles. The predicted molar refractivity (Wildman–Crippen MR) is 111 cm³/mol. The smallest absolute Gasteiger partial charge is 0.264 e. The topological polar surface area (TPSA) is 52.3 Å². The molecule has 0 spiro atoms. The molecule has 31 heavy (non-hydrogen) atoms. The number of alkyl halides is 2. The van der Waals surface area contributed by atoms with Gasteiger partial charge in [0, 0.05) is 39.8 Å². The van der Waals surface area contributed by atoms with Crippen molar-refractivity contribution in [2.45, 2.75) is 33.1 Å². The number of hydrogen-bond donors (Lipinski definition) is 0. The number of nitrogens with zero attached hydrogens (tertiary/aromatic N) is 4. The number of pyridine rings is 2. The Morgan fingerprint density at radius 1 is 1.06 bits per heavy atom. The molecule has 3 heterocycles. The molecule has 0 unspecified atom stereocenters. The fourth-order valence-corrected chi connectivity index (χ4v) is 3.78. The van der Waals surface area contributed by atoms with E-state index in [-0.39, 0.29) is 11.4 Å². The van der Waals surface area contributed by atoms with E-state index in [2.05, 4.69) is 15.2 Å². The van der Waals surface area contributed by atoms with Gasteiger partial charge in [0.2, 0.25) is 0 Å². The number of aryl methyl sites for hydroxylation is 3. The van der Waals surface area contributed by atoms with E-state index >= 15 is 0 Å². The number of hydrogen-bond acceptors (Lipinski definition) is 4. The van der Waals surface area contributed by atoms with Gasteiger partial charge in [-0.05, 0) is 62.6 Å². The van der Waals surface area contributed by atoms with E-state index < -0.39 is 6.43 Å². The number of halogens is 3. The van der Waals surface area contributed by atoms with E-state index in [0.29, 0.717) is 46.6 Å². The van der Waals surface area contributed by atoms with Crippen molar-refractivity contribution in [3.63, 3.8) is 0 Å². The van der Waals surface area contributed by atoms with Crippen LogP contribution < -0.4 is 4.74 Å². The fraction of sp³-hybridized carbons (Fsp3) is 0.261. The van der Waals surface area contributed by atoms with Gasteiger partial charge in [-0.3, -0.25) is 9.38 Å². The maximum Gasteiger partial charge on any atom is 0.264 e. The van der Waals surface area contributed by atoms with Crippen molar-refractivity contribution < 1.29 is 17.9 Å². The van der Waals surface area contributed by atoms with Crippen LogP contribution in [0.3, 0.4) is 0 Å². The molecule has 0 aliphatic rings. The summed E-state index contributed by atoms with van der Waals surface area (Å²) in [6.45, 7) is 3.48. The standard InChI is InChI=1S/C23H21F3N4O/c1-13-8-20(24)17(21(9-13)31-3)7-5-15-4-6-16(23-29-28-12-30(15)23)19-11-27-14(2)10-18(19)22(25)26/h4,6,8-12,22H,5,7H2,1-3H3. The first kappa shape index (κ1) is 20.8. The number of aromatic nitrogens is 4. The van der Waals surface area contributed by atoms with Gasteiger partial charge in [-0.2, -0.15) is 0 Å². The lowest BCUT2D eigenvalue weighted by Crippen LogP contribution is -2.04. The lowest BCUT2D eigenvalue weighted by molar-refractivity contribution is 0.152. The van der Waals surface area contributed by atoms with Gasteiger partial charge >= 0.3 is 0 Å². The van der Waals surface area contributed by atoms with E-state index in [9.17, 15) is 13.2 Å². The van der Waals surface area contributed by atoms with Gasteiger partial charge < -0.3 is 4.74 Å². The summed E-state index contributed by atoms with van der Waals surface area (Å²) in [6, 6.07) is 8.21. The minimum absolute atomic E-state index is 0.100. The van der Waals surface area contributed by atoms with Crippen LogP contribution >= 0.6 is 0 Å². The largest absolute Gasteiger partial charge is 0.496 e. The van der Waals surface area contributed by atoms with Crippen LogP contribution in [0.4, 0.5) is 13.2 Å². The average molecular weight is 426 g/mol. The van der Waals surface area contributed by atoms with Crippen molar-refractivity contribution in [3.05, 3.63) is 76.8 Å². The second kappa shape index (κ2) is 8.37. The van der Waals surface area contributed by atoms with Crippen LogP contribution in [-0.2, 0) is 12.8 Å². The van der Waals surface area contributed by atoms with Gasteiger partial charge in [0.1, 0.15) is 17.9 Å². The van der Waals surface area contributed by atoms with Crippen LogP contribution in [0.2, 0.25) is 0 Å². The van der Waals surface area contributed by atoms with Gasteiger partial charge in [-0.15, -0.1) is 10.2 Å². The lowest BCUT2D eigenvalue weighted by atomic mass is 10.0. The van der Waals surface area contributed by atoms with Gasteiger partial charge in [-0.1, -0.05) is 0 Å². The zero-order valence-electron chi connectivity index (χ0n) is 17.4. The third kappa shape index (κ3) is 3.97. The Balaban J connectivity index is 1.72. The Morgan fingerprint density at radius 2 is 1.87 bits per heavy atom. The Morgan fingerprint density at radius 3 is 2.61 bits per heavy atom. The van der Waals surface area contributed by atoms with Crippen LogP contribution in [-0.4, -0.2) is 26.7 Å². The Labute approximate surface area is 177 Å². The maximum atomic E-state index is 14.5. The number of rotatable bonds is 6. The molecular weight excluding hydrogens is 405 g/mol. The summed E-state index contributed by atoms with van der Waals surface area (Å²) >= 11 is 0. The van der Waals surface area contributed by atoms with Crippen molar-refractivity contribution in [1.29, 1.82) is 0 Å². The highest BCUT2D eigenvalue weighted by Gasteiger charge is 2.19. The SMILES string of the molecule is COc1cc(C)cc(F)c1CCc1ccc(-c2cnc(C)cc2C(F)F)c2nncn12. The number of fused-ring (bicyclic) bond motifs is 1. The molecule has 4 rings (SSSR count). The zero-order valence-corrected chi connectivity index (χ0v) is 17.4. The van der Waals surface area contributed by atoms with Crippen molar-refractivity contribution in [1.82, 2.24) is 19.6 Å². The summed E-state index contributed by atoms with van der Waals surface area (Å²) in [5.41, 5.74) is 3.79. The molecule has 0 aliphatic carbocycles. The molecule has 0 bridgehead atoms. The molecule has 0 radical (unpaired) electrons. The van der Waals surface area contributed by atoms with Crippen LogP contribution in [0, 0.1) is 19.7 Å².